The van der Waals surface area contributed by atoms with E-state index in [2.05, 4.69) is 45.9 Å². The van der Waals surface area contributed by atoms with Crippen molar-refractivity contribution in [2.75, 3.05) is 5.32 Å². The van der Waals surface area contributed by atoms with Crippen LogP contribution in [0.15, 0.2) is 61.4 Å². The van der Waals surface area contributed by atoms with Crippen LogP contribution in [0, 0.1) is 0 Å². The molecule has 308 valence electrons. The molecule has 2 aliphatic carbocycles. The highest BCUT2D eigenvalue weighted by molar-refractivity contribution is 6.33. The second-order valence-corrected chi connectivity index (χ2v) is 17.0. The maximum Gasteiger partial charge on any atom is 0.407 e. The molecule has 0 spiro atoms. The number of nitrogens with two attached hydrogens (primary N) is 1. The molecule has 14 nitrogen and oxygen atoms in total. The molecule has 2 fully saturated rings. The number of hydrogen-bond donors (Lipinski definition) is 4. The van der Waals surface area contributed by atoms with Gasteiger partial charge in [-0.25, -0.2) is 29.5 Å². The van der Waals surface area contributed by atoms with Crippen LogP contribution < -0.4 is 21.7 Å². The molecule has 4 atom stereocenters. The Hall–Kier alpha value is -4.37. The third-order valence-corrected chi connectivity index (χ3v) is 9.23. The van der Waals surface area contributed by atoms with Gasteiger partial charge in [0.15, 0.2) is 0 Å². The summed E-state index contributed by atoms with van der Waals surface area (Å²) >= 11 is 17.8. The highest BCUT2D eigenvalue weighted by Crippen LogP contribution is 2.28. The summed E-state index contributed by atoms with van der Waals surface area (Å²) in [6, 6.07) is 8.05. The van der Waals surface area contributed by atoms with E-state index < -0.39 is 11.2 Å². The van der Waals surface area contributed by atoms with E-state index >= 15 is 0 Å². The number of pyridine rings is 2. The molecule has 4 heterocycles. The van der Waals surface area contributed by atoms with Crippen molar-refractivity contribution in [3.05, 3.63) is 76.8 Å². The minimum atomic E-state index is -0.504. The third-order valence-electron chi connectivity index (χ3n) is 8.49. The van der Waals surface area contributed by atoms with E-state index in [9.17, 15) is 9.59 Å². The lowest BCUT2D eigenvalue weighted by molar-refractivity contribution is 0.0479. The van der Waals surface area contributed by atoms with Gasteiger partial charge in [-0.2, -0.15) is 0 Å². The number of hydrogen-bond acceptors (Lipinski definition) is 12. The van der Waals surface area contributed by atoms with Gasteiger partial charge >= 0.3 is 12.2 Å². The first-order valence-electron chi connectivity index (χ1n) is 19.0. The SMILES string of the molecule is CC(C)(C)OC(=O)N[C@H]1CCC[C@@H](N)C1.CC(C)(C)OC(=O)N[C@H]1CCC[C@@H](Nc2ncc(Cl)c(-c3cccnc3)n2)C1.Clc1ncc(Cl)c(-c2cccnc2)n1. The molecule has 17 heteroatoms. The molecular weight excluding hydrogens is 791 g/mol. The highest BCUT2D eigenvalue weighted by Gasteiger charge is 2.27. The smallest absolute Gasteiger partial charge is 0.407 e. The van der Waals surface area contributed by atoms with E-state index in [1.54, 1.807) is 31.0 Å². The first-order chi connectivity index (χ1) is 26.9. The molecule has 57 heavy (non-hydrogen) atoms. The number of halogens is 3. The maximum atomic E-state index is 12.0. The lowest BCUT2D eigenvalue weighted by Crippen LogP contribution is -2.44. The van der Waals surface area contributed by atoms with E-state index in [0.717, 1.165) is 62.5 Å². The Balaban J connectivity index is 0.000000209. The van der Waals surface area contributed by atoms with E-state index in [0.29, 0.717) is 27.4 Å². The molecule has 0 unspecified atom stereocenters. The predicted molar refractivity (Wildman–Crippen MR) is 224 cm³/mol. The van der Waals surface area contributed by atoms with Crippen LogP contribution in [-0.2, 0) is 9.47 Å². The molecular formula is C40H53Cl3N10O4. The van der Waals surface area contributed by atoms with Crippen molar-refractivity contribution in [2.24, 2.45) is 5.73 Å². The number of anilines is 1. The Kier molecular flexibility index (Phi) is 17.0. The second kappa shape index (κ2) is 21.4. The van der Waals surface area contributed by atoms with Crippen LogP contribution in [0.2, 0.25) is 15.3 Å². The number of alkyl carbamates (subject to hydrolysis) is 2. The summed E-state index contributed by atoms with van der Waals surface area (Å²) in [5, 5.41) is 10.3. The molecule has 0 saturated heterocycles. The van der Waals surface area contributed by atoms with Crippen molar-refractivity contribution in [2.45, 2.75) is 128 Å². The molecule has 2 aliphatic rings. The topological polar surface area (TPSA) is 192 Å². The van der Waals surface area contributed by atoms with Gasteiger partial charge in [0.05, 0.1) is 33.8 Å². The summed E-state index contributed by atoms with van der Waals surface area (Å²) < 4.78 is 10.5. The van der Waals surface area contributed by atoms with E-state index in [1.807, 2.05) is 65.8 Å². The zero-order chi connectivity index (χ0) is 41.6. The van der Waals surface area contributed by atoms with E-state index in [-0.39, 0.29) is 41.6 Å². The number of nitrogens with one attached hydrogen (secondary N) is 3. The first-order valence-corrected chi connectivity index (χ1v) is 20.1. The highest BCUT2D eigenvalue weighted by atomic mass is 35.5. The minimum Gasteiger partial charge on any atom is -0.444 e. The largest absolute Gasteiger partial charge is 0.444 e. The summed E-state index contributed by atoms with van der Waals surface area (Å²) in [5.41, 5.74) is 7.80. The summed E-state index contributed by atoms with van der Waals surface area (Å²) in [4.78, 5) is 48.2. The number of carbonyl (C=O) groups excluding carboxylic acids is 2. The number of nitrogens with zero attached hydrogens (tertiary/aromatic N) is 6. The number of amides is 2. The van der Waals surface area contributed by atoms with Gasteiger partial charge < -0.3 is 31.2 Å². The second-order valence-electron chi connectivity index (χ2n) is 15.8. The number of carbonyl (C=O) groups is 2. The standard InChI is InChI=1S/C20H26ClN5O2.C11H22N2O2.C9H5Cl2N3/c1-20(2,3)28-19(27)25-15-8-4-7-14(10-15)24-18-23-12-16(21)17(26-18)13-6-5-9-22-11-13;1-11(2,3)15-10(14)13-9-6-4-5-8(12)7-9;10-7-5-13-9(11)14-8(7)6-2-1-3-12-4-6/h5-6,9,11-12,14-15H,4,7-8,10H2,1-3H3,(H,25,27)(H,23,24,26);8-9H,4-7,12H2,1-3H3,(H,13,14);1-5H/t14-,15+;8-,9+;/m11./s1. The van der Waals surface area contributed by atoms with Crippen LogP contribution in [0.4, 0.5) is 15.5 Å². The summed E-state index contributed by atoms with van der Waals surface area (Å²) in [6.45, 7) is 11.2. The fraction of sp³-hybridized carbons (Fsp3) is 0.500. The average molecular weight is 844 g/mol. The molecule has 2 saturated carbocycles. The van der Waals surface area contributed by atoms with Crippen LogP contribution in [0.3, 0.4) is 0 Å². The average Bonchev–Trinajstić information content (AvgIpc) is 3.13. The Bertz CT molecular complexity index is 1880. The molecule has 0 aliphatic heterocycles. The summed E-state index contributed by atoms with van der Waals surface area (Å²) in [7, 11) is 0. The molecule has 4 aromatic rings. The van der Waals surface area contributed by atoms with E-state index in [4.69, 9.17) is 50.0 Å². The van der Waals surface area contributed by atoms with Gasteiger partial charge in [0.2, 0.25) is 11.2 Å². The molecule has 6 rings (SSSR count). The Morgan fingerprint density at radius 3 is 1.68 bits per heavy atom. The maximum absolute atomic E-state index is 12.0. The number of aromatic nitrogens is 6. The normalized spacial score (nSPS) is 19.3. The van der Waals surface area contributed by atoms with Gasteiger partial charge in [-0.05, 0) is 129 Å². The van der Waals surface area contributed by atoms with E-state index in [1.165, 1.54) is 6.20 Å². The molecule has 2 amide bonds. The van der Waals surface area contributed by atoms with Crippen molar-refractivity contribution < 1.29 is 19.1 Å². The van der Waals surface area contributed by atoms with Gasteiger partial charge in [0, 0.05) is 60.1 Å². The molecule has 0 aromatic carbocycles. The zero-order valence-corrected chi connectivity index (χ0v) is 35.5. The van der Waals surface area contributed by atoms with Gasteiger partial charge in [0.1, 0.15) is 11.2 Å². The third kappa shape index (κ3) is 16.6. The summed E-state index contributed by atoms with van der Waals surface area (Å²) in [5.74, 6) is 0.520. The Morgan fingerprint density at radius 2 is 1.18 bits per heavy atom. The van der Waals surface area contributed by atoms with Gasteiger partial charge in [0.25, 0.3) is 0 Å². The van der Waals surface area contributed by atoms with Crippen molar-refractivity contribution in [3.8, 4) is 22.5 Å². The predicted octanol–water partition coefficient (Wildman–Crippen LogP) is 9.07. The minimum absolute atomic E-state index is 0.0613. The fourth-order valence-electron chi connectivity index (χ4n) is 6.13. The van der Waals surface area contributed by atoms with Gasteiger partial charge in [-0.3, -0.25) is 9.97 Å². The first kappa shape index (κ1) is 45.3. The van der Waals surface area contributed by atoms with Crippen LogP contribution in [0.25, 0.3) is 22.5 Å². The monoisotopic (exact) mass is 842 g/mol. The van der Waals surface area contributed by atoms with Crippen LogP contribution >= 0.6 is 34.8 Å². The lowest BCUT2D eigenvalue weighted by atomic mass is 9.91. The van der Waals surface area contributed by atoms with Crippen LogP contribution in [-0.4, -0.2) is 77.5 Å². The zero-order valence-electron chi connectivity index (χ0n) is 33.3. The Morgan fingerprint density at radius 1 is 0.684 bits per heavy atom. The van der Waals surface area contributed by atoms with Gasteiger partial charge in [-0.1, -0.05) is 23.2 Å². The number of rotatable bonds is 6. The molecule has 4 aromatic heterocycles. The van der Waals surface area contributed by atoms with Crippen molar-refractivity contribution in [1.29, 1.82) is 0 Å². The molecule has 0 radical (unpaired) electrons. The van der Waals surface area contributed by atoms with Crippen molar-refractivity contribution in [3.63, 3.8) is 0 Å². The van der Waals surface area contributed by atoms with Gasteiger partial charge in [-0.15, -0.1) is 0 Å². The number of ether oxygens (including phenoxy) is 2. The quantitative estimate of drug-likeness (QED) is 0.135. The van der Waals surface area contributed by atoms with Crippen LogP contribution in [0.1, 0.15) is 92.9 Å². The molecule has 0 bridgehead atoms. The van der Waals surface area contributed by atoms with Crippen molar-refractivity contribution in [1.82, 2.24) is 40.5 Å². The Labute approximate surface area is 349 Å². The fourth-order valence-corrected chi connectivity index (χ4v) is 6.67. The van der Waals surface area contributed by atoms with Crippen LogP contribution in [0.5, 0.6) is 0 Å². The van der Waals surface area contributed by atoms with Crippen molar-refractivity contribution >= 4 is 52.9 Å². The summed E-state index contributed by atoms with van der Waals surface area (Å²) in [6.07, 6.45) is 16.9. The molecule has 5 N–H and O–H groups in total. The lowest BCUT2D eigenvalue weighted by Gasteiger charge is -2.31.